The van der Waals surface area contributed by atoms with Crippen molar-refractivity contribution in [3.05, 3.63) is 53.6 Å². The van der Waals surface area contributed by atoms with Gasteiger partial charge in [-0.15, -0.1) is 0 Å². The molecule has 0 spiro atoms. The second-order valence-corrected chi connectivity index (χ2v) is 8.09. The number of aliphatic hydroxyl groups excluding tert-OH is 1. The van der Waals surface area contributed by atoms with E-state index in [9.17, 15) is 27.9 Å². The number of anilines is 2. The van der Waals surface area contributed by atoms with Gasteiger partial charge in [-0.3, -0.25) is 4.79 Å². The zero-order valence-corrected chi connectivity index (χ0v) is 18.1. The van der Waals surface area contributed by atoms with E-state index in [-0.39, 0.29) is 24.6 Å². The quantitative estimate of drug-likeness (QED) is 0.561. The van der Waals surface area contributed by atoms with Crippen LogP contribution in [-0.2, 0) is 20.4 Å². The molecule has 2 heterocycles. The lowest BCUT2D eigenvalue weighted by molar-refractivity contribution is -0.156. The third-order valence-corrected chi connectivity index (χ3v) is 5.85. The van der Waals surface area contributed by atoms with Crippen LogP contribution in [0.15, 0.2) is 42.5 Å². The minimum atomic E-state index is -4.46. The molecule has 2 aromatic rings. The smallest absolute Gasteiger partial charge is 0.416 e. The Morgan fingerprint density at radius 3 is 2.44 bits per heavy atom. The second-order valence-electron chi connectivity index (χ2n) is 8.09. The first-order valence-electron chi connectivity index (χ1n) is 10.6. The van der Waals surface area contributed by atoms with E-state index >= 15 is 0 Å². The number of aliphatic hydroxyl groups is 1. The summed E-state index contributed by atoms with van der Waals surface area (Å²) in [4.78, 5) is 24.1. The van der Waals surface area contributed by atoms with Gasteiger partial charge in [0.2, 0.25) is 0 Å². The molecule has 11 heteroatoms. The number of halogens is 3. The van der Waals surface area contributed by atoms with E-state index in [4.69, 9.17) is 14.2 Å². The maximum atomic E-state index is 12.7. The van der Waals surface area contributed by atoms with Crippen molar-refractivity contribution in [2.45, 2.75) is 43.2 Å². The van der Waals surface area contributed by atoms with E-state index in [2.05, 4.69) is 10.6 Å². The van der Waals surface area contributed by atoms with Gasteiger partial charge in [-0.05, 0) is 48.9 Å². The van der Waals surface area contributed by atoms with E-state index in [0.29, 0.717) is 17.9 Å². The normalized spacial score (nSPS) is 23.3. The number of fused-ring (bicyclic) bond motifs is 3. The van der Waals surface area contributed by atoms with Gasteiger partial charge >= 0.3 is 18.2 Å². The number of nitrogens with one attached hydrogen (secondary N) is 2. The summed E-state index contributed by atoms with van der Waals surface area (Å²) < 4.78 is 54.6. The van der Waals surface area contributed by atoms with Crippen LogP contribution in [0.1, 0.15) is 29.9 Å². The SMILES string of the molecule is COC(=O)C[C@@H]1C[C@@H]2c3cc(NC(=O)Nc4ccc(C(F)(F)F)cc4)ccc3O[C@@H]2[C@H](CO)O1. The number of rotatable bonds is 5. The van der Waals surface area contributed by atoms with Crippen molar-refractivity contribution >= 4 is 23.4 Å². The lowest BCUT2D eigenvalue weighted by Crippen LogP contribution is -2.46. The van der Waals surface area contributed by atoms with Crippen LogP contribution in [-0.4, -0.2) is 49.1 Å². The summed E-state index contributed by atoms with van der Waals surface area (Å²) >= 11 is 0. The molecule has 4 rings (SSSR count). The summed E-state index contributed by atoms with van der Waals surface area (Å²) in [6, 6.07) is 8.53. The molecule has 4 atom stereocenters. The lowest BCUT2D eigenvalue weighted by atomic mass is 9.84. The molecule has 34 heavy (non-hydrogen) atoms. The number of carbonyl (C=O) groups is 2. The molecule has 182 valence electrons. The molecule has 0 aliphatic carbocycles. The molecule has 2 aromatic carbocycles. The molecule has 0 bridgehead atoms. The van der Waals surface area contributed by atoms with Gasteiger partial charge in [0.05, 0.1) is 31.8 Å². The third-order valence-electron chi connectivity index (χ3n) is 5.85. The number of alkyl halides is 3. The number of methoxy groups -OCH3 is 1. The molecule has 8 nitrogen and oxygen atoms in total. The molecule has 1 saturated heterocycles. The summed E-state index contributed by atoms with van der Waals surface area (Å²) in [7, 11) is 1.29. The molecule has 0 unspecified atom stereocenters. The minimum Gasteiger partial charge on any atom is -0.487 e. The first-order valence-corrected chi connectivity index (χ1v) is 10.6. The Balaban J connectivity index is 1.45. The van der Waals surface area contributed by atoms with Gasteiger partial charge in [0.1, 0.15) is 18.0 Å². The number of ether oxygens (including phenoxy) is 3. The van der Waals surface area contributed by atoms with Crippen molar-refractivity contribution in [1.82, 2.24) is 0 Å². The predicted molar refractivity (Wildman–Crippen MR) is 115 cm³/mol. The van der Waals surface area contributed by atoms with Gasteiger partial charge in [-0.25, -0.2) is 4.79 Å². The zero-order valence-electron chi connectivity index (χ0n) is 18.1. The molecule has 2 aliphatic rings. The van der Waals surface area contributed by atoms with Crippen molar-refractivity contribution in [3.8, 4) is 5.75 Å². The summed E-state index contributed by atoms with van der Waals surface area (Å²) in [6.45, 7) is -0.284. The highest BCUT2D eigenvalue weighted by Crippen LogP contribution is 2.47. The number of esters is 1. The molecule has 0 aromatic heterocycles. The lowest BCUT2D eigenvalue weighted by Gasteiger charge is -2.36. The number of hydrogen-bond donors (Lipinski definition) is 3. The maximum Gasteiger partial charge on any atom is 0.416 e. The van der Waals surface area contributed by atoms with Gasteiger partial charge < -0.3 is 30.0 Å². The van der Waals surface area contributed by atoms with Crippen LogP contribution in [0.5, 0.6) is 5.75 Å². The third kappa shape index (κ3) is 5.10. The Bertz CT molecular complexity index is 1060. The molecule has 2 aliphatic heterocycles. The summed E-state index contributed by atoms with van der Waals surface area (Å²) in [5.74, 6) is -0.00520. The van der Waals surface area contributed by atoms with Crippen molar-refractivity contribution in [3.63, 3.8) is 0 Å². The van der Waals surface area contributed by atoms with Gasteiger partial charge in [-0.2, -0.15) is 13.2 Å². The molecule has 1 fully saturated rings. The van der Waals surface area contributed by atoms with Crippen molar-refractivity contribution in [2.24, 2.45) is 0 Å². The van der Waals surface area contributed by atoms with Crippen LogP contribution >= 0.6 is 0 Å². The number of carbonyl (C=O) groups excluding carboxylic acids is 2. The van der Waals surface area contributed by atoms with Gasteiger partial charge in [0.15, 0.2) is 0 Å². The Labute approximate surface area is 193 Å². The molecular weight excluding hydrogens is 457 g/mol. The fourth-order valence-corrected chi connectivity index (χ4v) is 4.27. The van der Waals surface area contributed by atoms with E-state index < -0.39 is 42.1 Å². The topological polar surface area (TPSA) is 106 Å². The Morgan fingerprint density at radius 2 is 1.79 bits per heavy atom. The summed E-state index contributed by atoms with van der Waals surface area (Å²) in [5.41, 5.74) is 0.642. The van der Waals surface area contributed by atoms with E-state index in [1.54, 1.807) is 18.2 Å². The molecule has 0 saturated carbocycles. The maximum absolute atomic E-state index is 12.7. The number of benzene rings is 2. The van der Waals surface area contributed by atoms with E-state index in [1.165, 1.54) is 19.2 Å². The van der Waals surface area contributed by atoms with Crippen LogP contribution in [0, 0.1) is 0 Å². The number of amides is 2. The average molecular weight is 480 g/mol. The Kier molecular flexibility index (Phi) is 6.67. The van der Waals surface area contributed by atoms with Crippen molar-refractivity contribution in [1.29, 1.82) is 0 Å². The molecule has 2 amide bonds. The highest BCUT2D eigenvalue weighted by molar-refractivity contribution is 5.99. The van der Waals surface area contributed by atoms with E-state index in [1.807, 2.05) is 0 Å². The Hall–Kier alpha value is -3.31. The Morgan fingerprint density at radius 1 is 1.12 bits per heavy atom. The largest absolute Gasteiger partial charge is 0.487 e. The summed E-state index contributed by atoms with van der Waals surface area (Å²) in [5, 5.41) is 14.9. The fourth-order valence-electron chi connectivity index (χ4n) is 4.27. The number of urea groups is 1. The zero-order chi connectivity index (χ0) is 24.5. The molecule has 0 radical (unpaired) electrons. The van der Waals surface area contributed by atoms with Gasteiger partial charge in [0, 0.05) is 22.9 Å². The monoisotopic (exact) mass is 480 g/mol. The number of hydrogen-bond acceptors (Lipinski definition) is 6. The first kappa shape index (κ1) is 23.8. The van der Waals surface area contributed by atoms with Crippen molar-refractivity contribution in [2.75, 3.05) is 24.4 Å². The minimum absolute atomic E-state index is 0.0407. The van der Waals surface area contributed by atoms with Gasteiger partial charge in [-0.1, -0.05) is 0 Å². The highest BCUT2D eigenvalue weighted by atomic mass is 19.4. The van der Waals surface area contributed by atoms with Crippen LogP contribution in [0.2, 0.25) is 0 Å². The van der Waals surface area contributed by atoms with Crippen molar-refractivity contribution < 1.29 is 42.1 Å². The predicted octanol–water partition coefficient (Wildman–Crippen LogP) is 3.91. The summed E-state index contributed by atoms with van der Waals surface area (Å²) in [6.07, 6.45) is -5.48. The molecular formula is C23H23F3N2O6. The van der Waals surface area contributed by atoms with Crippen LogP contribution in [0.4, 0.5) is 29.3 Å². The standard InChI is InChI=1S/C23H23F3N2O6/c1-32-20(30)10-15-9-17-16-8-14(6-7-18(16)34-21(17)19(11-29)33-15)28-22(31)27-13-4-2-12(3-5-13)23(24,25)26/h2-8,15,17,19,21,29H,9-11H2,1H3,(H2,27,28,31)/t15-,17+,19-,21-/m0/s1. The molecule has 3 N–H and O–H groups in total. The van der Waals surface area contributed by atoms with Crippen LogP contribution in [0.3, 0.4) is 0 Å². The van der Waals surface area contributed by atoms with E-state index in [0.717, 1.165) is 17.7 Å². The first-order chi connectivity index (χ1) is 16.2. The second kappa shape index (κ2) is 9.51. The van der Waals surface area contributed by atoms with Crippen LogP contribution < -0.4 is 15.4 Å². The fraction of sp³-hybridized carbons (Fsp3) is 0.391. The average Bonchev–Trinajstić information content (AvgIpc) is 3.16. The van der Waals surface area contributed by atoms with Gasteiger partial charge in [0.25, 0.3) is 0 Å². The van der Waals surface area contributed by atoms with Crippen LogP contribution in [0.25, 0.3) is 0 Å². The highest BCUT2D eigenvalue weighted by Gasteiger charge is 2.46.